The maximum atomic E-state index is 2.38. The summed E-state index contributed by atoms with van der Waals surface area (Å²) in [6.07, 6.45) is 9.12. The van der Waals surface area contributed by atoms with Gasteiger partial charge in [0.2, 0.25) is 0 Å². The monoisotopic (exact) mass is 245 g/mol. The Kier molecular flexibility index (Phi) is 2.31. The van der Waals surface area contributed by atoms with Gasteiger partial charge in [-0.3, -0.25) is 0 Å². The Balaban J connectivity index is 2.17. The Morgan fingerprint density at radius 2 is 1.37 bits per heavy atom. The van der Waals surface area contributed by atoms with Crippen LogP contribution in [0.5, 0.6) is 0 Å². The molecule has 0 radical (unpaired) electrons. The van der Waals surface area contributed by atoms with Crippen LogP contribution in [0.15, 0.2) is 66.8 Å². The van der Waals surface area contributed by atoms with Crippen LogP contribution in [0.1, 0.15) is 12.8 Å². The molecule has 3 aromatic rings. The van der Waals surface area contributed by atoms with Crippen molar-refractivity contribution in [3.8, 4) is 0 Å². The minimum atomic E-state index is 1.13. The molecule has 0 bridgehead atoms. The predicted molar refractivity (Wildman–Crippen MR) is 82.1 cm³/mol. The van der Waals surface area contributed by atoms with Gasteiger partial charge in [-0.1, -0.05) is 48.6 Å². The Morgan fingerprint density at radius 1 is 0.737 bits per heavy atom. The maximum absolute atomic E-state index is 2.38. The topological polar surface area (TPSA) is 4.93 Å². The lowest BCUT2D eigenvalue weighted by molar-refractivity contribution is 1.02. The summed E-state index contributed by atoms with van der Waals surface area (Å²) in [6.45, 7) is 0. The zero-order chi connectivity index (χ0) is 12.7. The second-order valence-corrected chi connectivity index (χ2v) is 4.98. The Morgan fingerprint density at radius 3 is 1.95 bits per heavy atom. The molecule has 1 aliphatic carbocycles. The number of rotatable bonds is 1. The first-order valence-corrected chi connectivity index (χ1v) is 6.80. The molecule has 1 aliphatic rings. The smallest absolute Gasteiger partial charge is 0.0540 e. The van der Waals surface area contributed by atoms with Gasteiger partial charge in [-0.15, -0.1) is 0 Å². The van der Waals surface area contributed by atoms with Gasteiger partial charge in [0.1, 0.15) is 0 Å². The number of fused-ring (bicyclic) bond motifs is 3. The number of hydrogen-bond acceptors (Lipinski definition) is 0. The van der Waals surface area contributed by atoms with Gasteiger partial charge in [-0.2, -0.15) is 0 Å². The molecule has 0 unspecified atom stereocenters. The van der Waals surface area contributed by atoms with Crippen LogP contribution in [0.25, 0.3) is 27.5 Å². The van der Waals surface area contributed by atoms with E-state index in [9.17, 15) is 0 Å². The number of benzene rings is 2. The lowest BCUT2D eigenvalue weighted by Crippen LogP contribution is -1.96. The molecule has 0 aliphatic heterocycles. The number of nitrogens with zero attached hydrogens (tertiary/aromatic N) is 1. The van der Waals surface area contributed by atoms with E-state index >= 15 is 0 Å². The summed E-state index contributed by atoms with van der Waals surface area (Å²) in [5, 5.41) is 2.66. The molecule has 0 amide bonds. The Hall–Kier alpha value is -2.28. The zero-order valence-electron chi connectivity index (χ0n) is 10.7. The second-order valence-electron chi connectivity index (χ2n) is 4.98. The fourth-order valence-corrected chi connectivity index (χ4v) is 2.97. The van der Waals surface area contributed by atoms with Crippen molar-refractivity contribution in [2.45, 2.75) is 12.8 Å². The molecule has 1 nitrogen and oxygen atoms in total. The minimum absolute atomic E-state index is 1.13. The predicted octanol–water partition coefficient (Wildman–Crippen LogP) is 4.99. The van der Waals surface area contributed by atoms with Crippen LogP contribution in [-0.2, 0) is 0 Å². The minimum Gasteiger partial charge on any atom is -0.310 e. The third-order valence-electron chi connectivity index (χ3n) is 3.81. The van der Waals surface area contributed by atoms with E-state index in [4.69, 9.17) is 0 Å². The van der Waals surface area contributed by atoms with Gasteiger partial charge < -0.3 is 4.57 Å². The third kappa shape index (κ3) is 1.55. The Bertz CT molecular complexity index is 765. The van der Waals surface area contributed by atoms with E-state index in [0.29, 0.717) is 0 Å². The highest BCUT2D eigenvalue weighted by molar-refractivity contribution is 6.10. The molecule has 0 saturated heterocycles. The standard InChI is InChI=1S/C18H15N/c1-2-8-14(9-3-1)19-17-12-6-4-10-15(17)16-11-5-7-13-18(16)19/h2,4-13H,1,3H2. The zero-order valence-corrected chi connectivity index (χ0v) is 10.7. The van der Waals surface area contributed by atoms with Crippen molar-refractivity contribution in [2.75, 3.05) is 0 Å². The van der Waals surface area contributed by atoms with Gasteiger partial charge in [0.25, 0.3) is 0 Å². The van der Waals surface area contributed by atoms with E-state index in [-0.39, 0.29) is 0 Å². The molecular formula is C18H15N. The van der Waals surface area contributed by atoms with E-state index in [1.807, 2.05) is 0 Å². The molecule has 0 atom stereocenters. The Labute approximate surface area is 112 Å². The molecule has 2 aromatic carbocycles. The maximum Gasteiger partial charge on any atom is 0.0540 e. The molecule has 1 heterocycles. The normalized spacial score (nSPS) is 15.1. The summed E-state index contributed by atoms with van der Waals surface area (Å²) in [5.41, 5.74) is 3.88. The first kappa shape index (κ1) is 10.6. The first-order chi connectivity index (χ1) is 9.45. The average molecular weight is 245 g/mol. The fraction of sp³-hybridized carbons (Fsp3) is 0.111. The van der Waals surface area contributed by atoms with Gasteiger partial charge in [-0.05, 0) is 31.1 Å². The van der Waals surface area contributed by atoms with Crippen LogP contribution >= 0.6 is 0 Å². The average Bonchev–Trinajstić information content (AvgIpc) is 2.83. The first-order valence-electron chi connectivity index (χ1n) is 6.80. The van der Waals surface area contributed by atoms with Crippen LogP contribution in [-0.4, -0.2) is 4.57 Å². The molecule has 0 saturated carbocycles. The van der Waals surface area contributed by atoms with Gasteiger partial charge in [0.15, 0.2) is 0 Å². The van der Waals surface area contributed by atoms with E-state index in [1.165, 1.54) is 27.5 Å². The summed E-state index contributed by atoms with van der Waals surface area (Å²) in [5.74, 6) is 0. The summed E-state index contributed by atoms with van der Waals surface area (Å²) >= 11 is 0. The van der Waals surface area contributed by atoms with Gasteiger partial charge in [0, 0.05) is 16.5 Å². The summed E-state index contributed by atoms with van der Waals surface area (Å²) in [4.78, 5) is 0. The molecule has 0 N–H and O–H groups in total. The fourth-order valence-electron chi connectivity index (χ4n) is 2.97. The van der Waals surface area contributed by atoms with E-state index in [1.54, 1.807) is 0 Å². The van der Waals surface area contributed by atoms with E-state index in [0.717, 1.165) is 12.8 Å². The molecule has 4 rings (SSSR count). The van der Waals surface area contributed by atoms with Crippen molar-refractivity contribution >= 4 is 27.5 Å². The molecule has 0 spiro atoms. The van der Waals surface area contributed by atoms with Gasteiger partial charge in [0.05, 0.1) is 11.0 Å². The molecular weight excluding hydrogens is 230 g/mol. The van der Waals surface area contributed by atoms with Crippen molar-refractivity contribution in [1.82, 2.24) is 4.57 Å². The van der Waals surface area contributed by atoms with E-state index < -0.39 is 0 Å². The van der Waals surface area contributed by atoms with Gasteiger partial charge in [-0.25, -0.2) is 0 Å². The van der Waals surface area contributed by atoms with Crippen LogP contribution < -0.4 is 0 Å². The number of hydrogen-bond donors (Lipinski definition) is 0. The van der Waals surface area contributed by atoms with Crippen molar-refractivity contribution in [3.63, 3.8) is 0 Å². The highest BCUT2D eigenvalue weighted by Crippen LogP contribution is 2.32. The summed E-state index contributed by atoms with van der Waals surface area (Å²) in [7, 11) is 0. The van der Waals surface area contributed by atoms with Crippen molar-refractivity contribution < 1.29 is 0 Å². The van der Waals surface area contributed by atoms with Crippen LogP contribution in [0, 0.1) is 0 Å². The molecule has 1 heteroatoms. The van der Waals surface area contributed by atoms with Crippen LogP contribution in [0.4, 0.5) is 0 Å². The SMILES string of the molecule is C1=CC(n2c3ccccc3c3ccccc32)=CCC1. The number of aromatic nitrogens is 1. The quantitative estimate of drug-likeness (QED) is 0.569. The third-order valence-corrected chi connectivity index (χ3v) is 3.81. The highest BCUT2D eigenvalue weighted by atomic mass is 15.0. The van der Waals surface area contributed by atoms with Crippen molar-refractivity contribution in [1.29, 1.82) is 0 Å². The molecule has 19 heavy (non-hydrogen) atoms. The van der Waals surface area contributed by atoms with Crippen molar-refractivity contribution in [2.24, 2.45) is 0 Å². The van der Waals surface area contributed by atoms with Crippen LogP contribution in [0.3, 0.4) is 0 Å². The van der Waals surface area contributed by atoms with Crippen molar-refractivity contribution in [3.05, 3.63) is 66.8 Å². The molecule has 92 valence electrons. The lowest BCUT2D eigenvalue weighted by atomic mass is 10.1. The number of allylic oxidation sites excluding steroid dienone is 4. The summed E-state index contributed by atoms with van der Waals surface area (Å²) < 4.78 is 2.38. The molecule has 1 aromatic heterocycles. The largest absolute Gasteiger partial charge is 0.310 e. The lowest BCUT2D eigenvalue weighted by Gasteiger charge is -2.11. The highest BCUT2D eigenvalue weighted by Gasteiger charge is 2.11. The van der Waals surface area contributed by atoms with Gasteiger partial charge >= 0.3 is 0 Å². The van der Waals surface area contributed by atoms with E-state index in [2.05, 4.69) is 71.3 Å². The second kappa shape index (κ2) is 4.13. The molecule has 0 fully saturated rings. The number of para-hydroxylation sites is 2. The summed E-state index contributed by atoms with van der Waals surface area (Å²) in [6, 6.07) is 17.3. The van der Waals surface area contributed by atoms with Crippen LogP contribution in [0.2, 0.25) is 0 Å².